The zero-order valence-corrected chi connectivity index (χ0v) is 13.3. The van der Waals surface area contributed by atoms with Crippen molar-refractivity contribution >= 4 is 27.3 Å². The number of benzene rings is 1. The largest absolute Gasteiger partial charge is 0.310 e. The van der Waals surface area contributed by atoms with Crippen LogP contribution >= 0.6 is 27.3 Å². The molecule has 1 N–H and O–H groups in total. The Labute approximate surface area is 125 Å². The summed E-state index contributed by atoms with van der Waals surface area (Å²) in [6.07, 6.45) is 0.708. The molecule has 1 atom stereocenters. The second kappa shape index (κ2) is 6.59. The molecule has 19 heavy (non-hydrogen) atoms. The molecule has 0 aliphatic heterocycles. The Bertz CT molecular complexity index is 556. The molecule has 0 saturated heterocycles. The lowest BCUT2D eigenvalue weighted by molar-refractivity contribution is 0.507. The van der Waals surface area contributed by atoms with Crippen molar-refractivity contribution in [2.75, 3.05) is 6.54 Å². The standard InChI is InChI=1S/C14H16BrFN2S/c1-3-17-12(7-13-18-9(2)8-19-13)10-5-4-6-11(15)14(10)16/h4-6,8,12,17H,3,7H2,1-2H3. The summed E-state index contributed by atoms with van der Waals surface area (Å²) in [5, 5.41) is 6.38. The molecule has 1 unspecified atom stereocenters. The molecule has 1 aromatic heterocycles. The first-order valence-electron chi connectivity index (χ1n) is 6.20. The van der Waals surface area contributed by atoms with Crippen LogP contribution in [0.25, 0.3) is 0 Å². The lowest BCUT2D eigenvalue weighted by Gasteiger charge is -2.18. The molecular formula is C14H16BrFN2S. The number of thiazole rings is 1. The zero-order chi connectivity index (χ0) is 13.8. The fourth-order valence-corrected chi connectivity index (χ4v) is 3.20. The van der Waals surface area contributed by atoms with Crippen LogP contribution in [-0.2, 0) is 6.42 Å². The number of aryl methyl sites for hydroxylation is 1. The maximum Gasteiger partial charge on any atom is 0.142 e. The van der Waals surface area contributed by atoms with E-state index in [0.717, 1.165) is 17.2 Å². The third-order valence-corrected chi connectivity index (χ3v) is 4.45. The van der Waals surface area contributed by atoms with Crippen molar-refractivity contribution in [1.82, 2.24) is 10.3 Å². The van der Waals surface area contributed by atoms with Crippen LogP contribution < -0.4 is 5.32 Å². The molecule has 0 aliphatic carbocycles. The summed E-state index contributed by atoms with van der Waals surface area (Å²) in [4.78, 5) is 4.45. The highest BCUT2D eigenvalue weighted by Crippen LogP contribution is 2.27. The number of nitrogens with one attached hydrogen (secondary N) is 1. The number of likely N-dealkylation sites (N-methyl/N-ethyl adjacent to an activating group) is 1. The summed E-state index contributed by atoms with van der Waals surface area (Å²) in [7, 11) is 0. The molecule has 0 aliphatic rings. The van der Waals surface area contributed by atoms with E-state index in [1.54, 1.807) is 17.4 Å². The number of rotatable bonds is 5. The van der Waals surface area contributed by atoms with Gasteiger partial charge in [0, 0.05) is 29.1 Å². The molecule has 2 aromatic rings. The SMILES string of the molecule is CCNC(Cc1nc(C)cs1)c1cccc(Br)c1F. The lowest BCUT2D eigenvalue weighted by Crippen LogP contribution is -2.24. The highest BCUT2D eigenvalue weighted by molar-refractivity contribution is 9.10. The molecule has 0 bridgehead atoms. The van der Waals surface area contributed by atoms with Crippen LogP contribution in [0.2, 0.25) is 0 Å². The van der Waals surface area contributed by atoms with E-state index >= 15 is 0 Å². The third-order valence-electron chi connectivity index (χ3n) is 2.85. The second-order valence-corrected chi connectivity index (χ2v) is 6.14. The summed E-state index contributed by atoms with van der Waals surface area (Å²) in [6, 6.07) is 5.36. The molecule has 0 spiro atoms. The fraction of sp³-hybridized carbons (Fsp3) is 0.357. The number of aromatic nitrogens is 1. The second-order valence-electron chi connectivity index (χ2n) is 4.34. The topological polar surface area (TPSA) is 24.9 Å². The van der Waals surface area contributed by atoms with E-state index in [2.05, 4.69) is 26.2 Å². The van der Waals surface area contributed by atoms with Gasteiger partial charge in [-0.25, -0.2) is 9.37 Å². The van der Waals surface area contributed by atoms with Crippen molar-refractivity contribution < 1.29 is 4.39 Å². The Morgan fingerprint density at radius 2 is 2.26 bits per heavy atom. The fourth-order valence-electron chi connectivity index (χ4n) is 2.00. The van der Waals surface area contributed by atoms with Crippen molar-refractivity contribution in [3.63, 3.8) is 0 Å². The highest BCUT2D eigenvalue weighted by atomic mass is 79.9. The van der Waals surface area contributed by atoms with E-state index in [4.69, 9.17) is 0 Å². The van der Waals surface area contributed by atoms with E-state index in [-0.39, 0.29) is 11.9 Å². The summed E-state index contributed by atoms with van der Waals surface area (Å²) in [5.41, 5.74) is 1.70. The van der Waals surface area contributed by atoms with Crippen LogP contribution in [0.5, 0.6) is 0 Å². The van der Waals surface area contributed by atoms with E-state index in [9.17, 15) is 4.39 Å². The van der Waals surface area contributed by atoms with Crippen molar-refractivity contribution in [2.24, 2.45) is 0 Å². The van der Waals surface area contributed by atoms with Gasteiger partial charge >= 0.3 is 0 Å². The van der Waals surface area contributed by atoms with Gasteiger partial charge in [0.2, 0.25) is 0 Å². The molecule has 102 valence electrons. The minimum atomic E-state index is -0.193. The van der Waals surface area contributed by atoms with Gasteiger partial charge in [0.25, 0.3) is 0 Å². The van der Waals surface area contributed by atoms with Crippen LogP contribution in [0.4, 0.5) is 4.39 Å². The molecule has 0 amide bonds. The van der Waals surface area contributed by atoms with E-state index in [0.29, 0.717) is 16.5 Å². The van der Waals surface area contributed by atoms with Crippen molar-refractivity contribution in [2.45, 2.75) is 26.3 Å². The molecule has 2 nitrogen and oxygen atoms in total. The number of halogens is 2. The van der Waals surface area contributed by atoms with Gasteiger partial charge in [-0.2, -0.15) is 0 Å². The van der Waals surface area contributed by atoms with Crippen molar-refractivity contribution in [3.05, 3.63) is 50.1 Å². The van der Waals surface area contributed by atoms with Gasteiger partial charge in [-0.1, -0.05) is 19.1 Å². The normalized spacial score (nSPS) is 12.6. The van der Waals surface area contributed by atoms with Crippen LogP contribution in [-0.4, -0.2) is 11.5 Å². The molecule has 0 radical (unpaired) electrons. The maximum atomic E-state index is 14.2. The average Bonchev–Trinajstić information content (AvgIpc) is 2.78. The van der Waals surface area contributed by atoms with Crippen LogP contribution in [0.15, 0.2) is 28.1 Å². The summed E-state index contributed by atoms with van der Waals surface area (Å²) < 4.78 is 14.7. The van der Waals surface area contributed by atoms with Gasteiger partial charge in [0.15, 0.2) is 0 Å². The van der Waals surface area contributed by atoms with Crippen LogP contribution in [0, 0.1) is 12.7 Å². The Hall–Kier alpha value is -0.780. The number of nitrogens with zero attached hydrogens (tertiary/aromatic N) is 1. The van der Waals surface area contributed by atoms with Crippen LogP contribution in [0.1, 0.15) is 29.2 Å². The van der Waals surface area contributed by atoms with Crippen molar-refractivity contribution in [1.29, 1.82) is 0 Å². The first-order valence-corrected chi connectivity index (χ1v) is 7.87. The average molecular weight is 343 g/mol. The number of hydrogen-bond donors (Lipinski definition) is 1. The maximum absolute atomic E-state index is 14.2. The Kier molecular flexibility index (Phi) is 5.07. The van der Waals surface area contributed by atoms with Gasteiger partial charge < -0.3 is 5.32 Å². The lowest BCUT2D eigenvalue weighted by atomic mass is 10.0. The Balaban J connectivity index is 2.26. The molecule has 2 rings (SSSR count). The van der Waals surface area contributed by atoms with Gasteiger partial charge in [-0.15, -0.1) is 11.3 Å². The van der Waals surface area contributed by atoms with Gasteiger partial charge in [-0.05, 0) is 35.5 Å². The first-order chi connectivity index (χ1) is 9.11. The highest BCUT2D eigenvalue weighted by Gasteiger charge is 2.18. The Morgan fingerprint density at radius 3 is 2.89 bits per heavy atom. The molecule has 1 heterocycles. The van der Waals surface area contributed by atoms with E-state index in [1.165, 1.54) is 0 Å². The van der Waals surface area contributed by atoms with Gasteiger partial charge in [0.05, 0.1) is 9.48 Å². The Morgan fingerprint density at radius 1 is 1.47 bits per heavy atom. The van der Waals surface area contributed by atoms with Gasteiger partial charge in [0.1, 0.15) is 5.82 Å². The number of hydrogen-bond acceptors (Lipinski definition) is 3. The summed E-state index contributed by atoms with van der Waals surface area (Å²) in [6.45, 7) is 4.79. The molecule has 0 fully saturated rings. The van der Waals surface area contributed by atoms with E-state index < -0.39 is 0 Å². The molecule has 0 saturated carbocycles. The predicted octanol–water partition coefficient (Wildman–Crippen LogP) is 4.25. The quantitative estimate of drug-likeness (QED) is 0.878. The van der Waals surface area contributed by atoms with Crippen molar-refractivity contribution in [3.8, 4) is 0 Å². The van der Waals surface area contributed by atoms with E-state index in [1.807, 2.05) is 31.4 Å². The smallest absolute Gasteiger partial charge is 0.142 e. The summed E-state index contributed by atoms with van der Waals surface area (Å²) >= 11 is 4.86. The summed E-state index contributed by atoms with van der Waals surface area (Å²) in [5.74, 6) is -0.193. The molecular weight excluding hydrogens is 327 g/mol. The molecule has 1 aromatic carbocycles. The van der Waals surface area contributed by atoms with Crippen LogP contribution in [0.3, 0.4) is 0 Å². The van der Waals surface area contributed by atoms with Gasteiger partial charge in [-0.3, -0.25) is 0 Å². The minimum Gasteiger partial charge on any atom is -0.310 e. The monoisotopic (exact) mass is 342 g/mol. The first kappa shape index (κ1) is 14.6. The predicted molar refractivity (Wildman–Crippen MR) is 81.1 cm³/mol. The third kappa shape index (κ3) is 3.61. The molecule has 5 heteroatoms. The zero-order valence-electron chi connectivity index (χ0n) is 10.9. The minimum absolute atomic E-state index is 0.0481.